The molecule has 0 aromatic heterocycles. The predicted molar refractivity (Wildman–Crippen MR) is 51.7 cm³/mol. The van der Waals surface area contributed by atoms with E-state index in [1.54, 1.807) is 0 Å². The monoisotopic (exact) mass is 165 g/mol. The minimum atomic E-state index is 0.454. The minimum absolute atomic E-state index is 0.454. The molecule has 2 rings (SSSR count). The maximum atomic E-state index is 6.10. The molecule has 0 spiro atoms. The van der Waals surface area contributed by atoms with Crippen LogP contribution in [0.4, 0.5) is 0 Å². The van der Waals surface area contributed by atoms with Crippen LogP contribution in [0, 0.1) is 17.8 Å². The SMILES string of the molecule is C=CCCC(N)C1CC2CC2C1. The van der Waals surface area contributed by atoms with E-state index in [0.29, 0.717) is 6.04 Å². The van der Waals surface area contributed by atoms with Gasteiger partial charge in [0.1, 0.15) is 0 Å². The molecule has 0 saturated heterocycles. The Balaban J connectivity index is 1.73. The summed E-state index contributed by atoms with van der Waals surface area (Å²) in [4.78, 5) is 0. The molecule has 0 aromatic rings. The summed E-state index contributed by atoms with van der Waals surface area (Å²) < 4.78 is 0. The van der Waals surface area contributed by atoms with E-state index in [-0.39, 0.29) is 0 Å². The van der Waals surface area contributed by atoms with Gasteiger partial charge < -0.3 is 5.73 Å². The molecule has 0 heterocycles. The van der Waals surface area contributed by atoms with E-state index >= 15 is 0 Å². The van der Waals surface area contributed by atoms with Crippen molar-refractivity contribution in [1.29, 1.82) is 0 Å². The quantitative estimate of drug-likeness (QED) is 0.636. The van der Waals surface area contributed by atoms with Crippen LogP contribution in [0.1, 0.15) is 32.1 Å². The summed E-state index contributed by atoms with van der Waals surface area (Å²) in [5.74, 6) is 2.99. The fourth-order valence-electron chi connectivity index (χ4n) is 2.66. The van der Waals surface area contributed by atoms with Crippen LogP contribution in [0.25, 0.3) is 0 Å². The van der Waals surface area contributed by atoms with E-state index in [1.807, 2.05) is 6.08 Å². The lowest BCUT2D eigenvalue weighted by atomic mass is 9.92. The van der Waals surface area contributed by atoms with E-state index in [9.17, 15) is 0 Å². The number of hydrogen-bond acceptors (Lipinski definition) is 1. The highest BCUT2D eigenvalue weighted by Gasteiger charge is 2.46. The maximum Gasteiger partial charge on any atom is 0.00703 e. The van der Waals surface area contributed by atoms with Crippen molar-refractivity contribution in [3.05, 3.63) is 12.7 Å². The Kier molecular flexibility index (Phi) is 2.22. The summed E-state index contributed by atoms with van der Waals surface area (Å²) in [6, 6.07) is 0.454. The zero-order valence-corrected chi connectivity index (χ0v) is 7.71. The van der Waals surface area contributed by atoms with Gasteiger partial charge in [-0.2, -0.15) is 0 Å². The molecule has 2 N–H and O–H groups in total. The fourth-order valence-corrected chi connectivity index (χ4v) is 2.66. The number of hydrogen-bond donors (Lipinski definition) is 1. The van der Waals surface area contributed by atoms with Crippen molar-refractivity contribution in [2.24, 2.45) is 23.5 Å². The molecule has 1 heteroatoms. The second-order valence-corrected chi connectivity index (χ2v) is 4.52. The molecule has 0 amide bonds. The van der Waals surface area contributed by atoms with Crippen molar-refractivity contribution in [2.45, 2.75) is 38.1 Å². The first-order valence-electron chi connectivity index (χ1n) is 5.17. The lowest BCUT2D eigenvalue weighted by molar-refractivity contribution is 0.379. The van der Waals surface area contributed by atoms with Crippen LogP contribution in [0.15, 0.2) is 12.7 Å². The first kappa shape index (κ1) is 8.31. The zero-order chi connectivity index (χ0) is 8.55. The molecule has 2 aliphatic rings. The van der Waals surface area contributed by atoms with Gasteiger partial charge in [-0.05, 0) is 49.9 Å². The Bertz CT molecular complexity index is 166. The summed E-state index contributed by atoms with van der Waals surface area (Å²) in [5.41, 5.74) is 6.10. The second-order valence-electron chi connectivity index (χ2n) is 4.52. The highest BCUT2D eigenvalue weighted by molar-refractivity contribution is 4.98. The molecule has 68 valence electrons. The van der Waals surface area contributed by atoms with Gasteiger partial charge in [0, 0.05) is 6.04 Å². The number of allylic oxidation sites excluding steroid dienone is 1. The Morgan fingerprint density at radius 3 is 2.58 bits per heavy atom. The number of fused-ring (bicyclic) bond motifs is 1. The molecule has 0 radical (unpaired) electrons. The highest BCUT2D eigenvalue weighted by Crippen LogP contribution is 2.55. The van der Waals surface area contributed by atoms with Gasteiger partial charge in [0.15, 0.2) is 0 Å². The zero-order valence-electron chi connectivity index (χ0n) is 7.71. The van der Waals surface area contributed by atoms with Crippen molar-refractivity contribution in [2.75, 3.05) is 0 Å². The van der Waals surface area contributed by atoms with Gasteiger partial charge in [-0.1, -0.05) is 6.08 Å². The van der Waals surface area contributed by atoms with Crippen molar-refractivity contribution >= 4 is 0 Å². The Morgan fingerprint density at radius 1 is 1.33 bits per heavy atom. The van der Waals surface area contributed by atoms with Gasteiger partial charge in [0.2, 0.25) is 0 Å². The first-order valence-corrected chi connectivity index (χ1v) is 5.17. The van der Waals surface area contributed by atoms with Crippen LogP contribution in [-0.2, 0) is 0 Å². The van der Waals surface area contributed by atoms with Crippen LogP contribution in [0.2, 0.25) is 0 Å². The highest BCUT2D eigenvalue weighted by atomic mass is 14.7. The van der Waals surface area contributed by atoms with Crippen molar-refractivity contribution < 1.29 is 0 Å². The van der Waals surface area contributed by atoms with Gasteiger partial charge >= 0.3 is 0 Å². The van der Waals surface area contributed by atoms with Crippen LogP contribution in [0.3, 0.4) is 0 Å². The molecule has 2 aliphatic carbocycles. The molecule has 3 unspecified atom stereocenters. The average molecular weight is 165 g/mol. The van der Waals surface area contributed by atoms with Gasteiger partial charge in [-0.25, -0.2) is 0 Å². The van der Waals surface area contributed by atoms with E-state index in [4.69, 9.17) is 5.73 Å². The van der Waals surface area contributed by atoms with Gasteiger partial charge in [-0.3, -0.25) is 0 Å². The molecule has 0 bridgehead atoms. The molecule has 1 nitrogen and oxygen atoms in total. The van der Waals surface area contributed by atoms with Gasteiger partial charge in [-0.15, -0.1) is 6.58 Å². The number of rotatable bonds is 4. The van der Waals surface area contributed by atoms with Gasteiger partial charge in [0.25, 0.3) is 0 Å². The first-order chi connectivity index (χ1) is 5.81. The molecule has 2 saturated carbocycles. The number of nitrogens with two attached hydrogens (primary N) is 1. The van der Waals surface area contributed by atoms with E-state index in [1.165, 1.54) is 19.3 Å². The van der Waals surface area contributed by atoms with Crippen LogP contribution in [-0.4, -0.2) is 6.04 Å². The average Bonchev–Trinajstić information content (AvgIpc) is 2.69. The van der Waals surface area contributed by atoms with E-state index < -0.39 is 0 Å². The fraction of sp³-hybridized carbons (Fsp3) is 0.818. The van der Waals surface area contributed by atoms with Crippen LogP contribution >= 0.6 is 0 Å². The predicted octanol–water partition coefficient (Wildman–Crippen LogP) is 2.33. The summed E-state index contributed by atoms with van der Waals surface area (Å²) in [5, 5.41) is 0. The summed E-state index contributed by atoms with van der Waals surface area (Å²) in [7, 11) is 0. The van der Waals surface area contributed by atoms with Crippen molar-refractivity contribution in [3.8, 4) is 0 Å². The summed E-state index contributed by atoms with van der Waals surface area (Å²) in [6.07, 6.45) is 8.56. The molecular weight excluding hydrogens is 146 g/mol. The van der Waals surface area contributed by atoms with Crippen LogP contribution in [0.5, 0.6) is 0 Å². The van der Waals surface area contributed by atoms with E-state index in [0.717, 1.165) is 30.6 Å². The Morgan fingerprint density at radius 2 is 2.00 bits per heavy atom. The molecule has 0 aromatic carbocycles. The normalized spacial score (nSPS) is 40.6. The topological polar surface area (TPSA) is 26.0 Å². The maximum absolute atomic E-state index is 6.10. The Labute approximate surface area is 75.0 Å². The van der Waals surface area contributed by atoms with Crippen LogP contribution < -0.4 is 5.73 Å². The third kappa shape index (κ3) is 1.56. The van der Waals surface area contributed by atoms with E-state index in [2.05, 4.69) is 6.58 Å². The third-order valence-corrected chi connectivity index (χ3v) is 3.59. The summed E-state index contributed by atoms with van der Waals surface area (Å²) >= 11 is 0. The Hall–Kier alpha value is -0.300. The van der Waals surface area contributed by atoms with Crippen molar-refractivity contribution in [1.82, 2.24) is 0 Å². The molecule has 12 heavy (non-hydrogen) atoms. The third-order valence-electron chi connectivity index (χ3n) is 3.59. The summed E-state index contributed by atoms with van der Waals surface area (Å²) in [6.45, 7) is 3.73. The largest absolute Gasteiger partial charge is 0.327 e. The smallest absolute Gasteiger partial charge is 0.00703 e. The molecule has 0 aliphatic heterocycles. The molecular formula is C11H19N. The minimum Gasteiger partial charge on any atom is -0.327 e. The standard InChI is InChI=1S/C11H19N/c1-2-3-4-11(12)10-6-8-5-9(8)7-10/h2,8-11H,1,3-7,12H2. The molecule has 2 fully saturated rings. The molecule has 3 atom stereocenters. The lowest BCUT2D eigenvalue weighted by Crippen LogP contribution is -2.28. The van der Waals surface area contributed by atoms with Gasteiger partial charge in [0.05, 0.1) is 0 Å². The van der Waals surface area contributed by atoms with Crippen molar-refractivity contribution in [3.63, 3.8) is 0 Å². The lowest BCUT2D eigenvalue weighted by Gasteiger charge is -2.19. The second kappa shape index (κ2) is 3.21.